The predicted octanol–water partition coefficient (Wildman–Crippen LogP) is 3.83. The number of para-hydroxylation sites is 1. The highest BCUT2D eigenvalue weighted by Gasteiger charge is 2.36. The normalized spacial score (nSPS) is 19.2. The van der Waals surface area contributed by atoms with Crippen LogP contribution in [-0.2, 0) is 16.0 Å². The van der Waals surface area contributed by atoms with Crippen molar-refractivity contribution < 1.29 is 14.4 Å². The quantitative estimate of drug-likeness (QED) is 0.576. The number of anilines is 2. The van der Waals surface area contributed by atoms with Crippen molar-refractivity contribution in [3.63, 3.8) is 0 Å². The number of benzene rings is 1. The molecule has 3 aromatic rings. The summed E-state index contributed by atoms with van der Waals surface area (Å²) >= 11 is 2.89. The number of aromatic nitrogens is 2. The van der Waals surface area contributed by atoms with Crippen LogP contribution >= 0.6 is 22.7 Å². The maximum atomic E-state index is 13.3. The molecule has 5 rings (SSSR count). The van der Waals surface area contributed by atoms with Gasteiger partial charge < -0.3 is 15.1 Å². The number of fused-ring (bicyclic) bond motifs is 2. The minimum absolute atomic E-state index is 0.0149. The summed E-state index contributed by atoms with van der Waals surface area (Å²) in [5.41, 5.74) is 1.63. The van der Waals surface area contributed by atoms with Crippen LogP contribution in [0.1, 0.15) is 42.1 Å². The number of nitrogens with one attached hydrogen (secondary N) is 1. The highest BCUT2D eigenvalue weighted by molar-refractivity contribution is 7.22. The molecule has 1 aliphatic heterocycles. The van der Waals surface area contributed by atoms with Crippen LogP contribution in [0.25, 0.3) is 10.2 Å². The Labute approximate surface area is 206 Å². The van der Waals surface area contributed by atoms with E-state index in [9.17, 15) is 14.4 Å². The van der Waals surface area contributed by atoms with Crippen LogP contribution in [0.5, 0.6) is 0 Å². The fourth-order valence-corrected chi connectivity index (χ4v) is 6.31. The molecule has 1 aliphatic carbocycles. The number of rotatable bonds is 5. The number of carbonyl (C=O) groups excluding carboxylic acids is 3. The Bertz CT molecular complexity index is 1210. The molecule has 2 atom stereocenters. The average Bonchev–Trinajstić information content (AvgIpc) is 3.47. The number of amides is 2. The predicted molar refractivity (Wildman–Crippen MR) is 135 cm³/mol. The maximum absolute atomic E-state index is 13.3. The molecule has 34 heavy (non-hydrogen) atoms. The summed E-state index contributed by atoms with van der Waals surface area (Å²) < 4.78 is 1.16. The minimum Gasteiger partial charge on any atom is -0.345 e. The van der Waals surface area contributed by atoms with Crippen LogP contribution < -0.4 is 10.2 Å². The third kappa shape index (κ3) is 4.44. The topological polar surface area (TPSA) is 95.5 Å². The Morgan fingerprint density at radius 3 is 2.62 bits per heavy atom. The van der Waals surface area contributed by atoms with Crippen molar-refractivity contribution in [3.8, 4) is 0 Å². The molecular formula is C24H27N5O3S2. The van der Waals surface area contributed by atoms with E-state index in [-0.39, 0.29) is 29.9 Å². The first-order valence-electron chi connectivity index (χ1n) is 11.7. The fraction of sp³-hybridized carbons (Fsp3) is 0.458. The van der Waals surface area contributed by atoms with Gasteiger partial charge in [0, 0.05) is 44.9 Å². The van der Waals surface area contributed by atoms with Crippen LogP contribution in [0.2, 0.25) is 0 Å². The standard InChI is InChI=1S/C24H27N5O3S2/c1-3-14(2)21(31)27-23-25-17-12-15(13-18(30)20(17)34-23)22(32)28-8-10-29(11-9-28)24-26-16-6-4-5-7-19(16)33-24/h4-7,14-15H,3,8-13H2,1-2H3,(H,25,27,31). The van der Waals surface area contributed by atoms with Gasteiger partial charge in [0.25, 0.3) is 0 Å². The summed E-state index contributed by atoms with van der Waals surface area (Å²) in [7, 11) is 0. The molecule has 0 radical (unpaired) electrons. The number of nitrogens with zero attached hydrogens (tertiary/aromatic N) is 4. The highest BCUT2D eigenvalue weighted by Crippen LogP contribution is 2.34. The van der Waals surface area contributed by atoms with Gasteiger partial charge in [-0.1, -0.05) is 48.7 Å². The van der Waals surface area contributed by atoms with E-state index < -0.39 is 5.92 Å². The third-order valence-electron chi connectivity index (χ3n) is 6.61. The van der Waals surface area contributed by atoms with E-state index in [2.05, 4.69) is 21.3 Å². The van der Waals surface area contributed by atoms with Crippen LogP contribution in [0, 0.1) is 11.8 Å². The van der Waals surface area contributed by atoms with Gasteiger partial charge in [0.2, 0.25) is 11.8 Å². The Morgan fingerprint density at radius 1 is 1.12 bits per heavy atom. The summed E-state index contributed by atoms with van der Waals surface area (Å²) in [4.78, 5) is 52.1. The van der Waals surface area contributed by atoms with Gasteiger partial charge in [-0.05, 0) is 18.6 Å². The van der Waals surface area contributed by atoms with E-state index in [1.54, 1.807) is 11.3 Å². The van der Waals surface area contributed by atoms with Gasteiger partial charge in [-0.25, -0.2) is 9.97 Å². The molecule has 10 heteroatoms. The molecule has 1 fully saturated rings. The number of hydrogen-bond donors (Lipinski definition) is 1. The van der Waals surface area contributed by atoms with E-state index in [1.165, 1.54) is 11.3 Å². The molecule has 3 heterocycles. The number of carbonyl (C=O) groups is 3. The zero-order chi connectivity index (χ0) is 23.8. The van der Waals surface area contributed by atoms with Crippen molar-refractivity contribution in [1.82, 2.24) is 14.9 Å². The molecule has 2 aromatic heterocycles. The molecule has 2 unspecified atom stereocenters. The second-order valence-corrected chi connectivity index (χ2v) is 10.9. The van der Waals surface area contributed by atoms with Crippen molar-refractivity contribution >= 4 is 60.8 Å². The molecule has 0 bridgehead atoms. The van der Waals surface area contributed by atoms with Gasteiger partial charge in [-0.2, -0.15) is 0 Å². The summed E-state index contributed by atoms with van der Waals surface area (Å²) in [6.07, 6.45) is 1.37. The first-order valence-corrected chi connectivity index (χ1v) is 13.3. The Balaban J connectivity index is 1.21. The van der Waals surface area contributed by atoms with Gasteiger partial charge >= 0.3 is 0 Å². The minimum atomic E-state index is -0.394. The molecule has 1 saturated heterocycles. The second kappa shape index (κ2) is 9.42. The van der Waals surface area contributed by atoms with Crippen LogP contribution in [0.4, 0.5) is 10.3 Å². The van der Waals surface area contributed by atoms with Gasteiger partial charge in [-0.3, -0.25) is 14.4 Å². The molecule has 1 aromatic carbocycles. The number of hydrogen-bond acceptors (Lipinski definition) is 8. The Morgan fingerprint density at radius 2 is 1.88 bits per heavy atom. The zero-order valence-corrected chi connectivity index (χ0v) is 20.9. The molecule has 0 saturated carbocycles. The van der Waals surface area contributed by atoms with Crippen molar-refractivity contribution in [3.05, 3.63) is 34.8 Å². The average molecular weight is 498 g/mol. The SMILES string of the molecule is CCC(C)C(=O)Nc1nc2c(s1)C(=O)CC(C(=O)N1CCN(c3nc4ccccc4s3)CC1)C2. The van der Waals surface area contributed by atoms with Gasteiger partial charge in [0.15, 0.2) is 16.0 Å². The highest BCUT2D eigenvalue weighted by atomic mass is 32.1. The monoisotopic (exact) mass is 497 g/mol. The summed E-state index contributed by atoms with van der Waals surface area (Å²) in [5.74, 6) is -0.656. The lowest BCUT2D eigenvalue weighted by atomic mass is 9.88. The third-order valence-corrected chi connectivity index (χ3v) is 8.76. The number of Topliss-reactive ketones (excluding diaryl/α,β-unsaturated/α-hetero) is 1. The van der Waals surface area contributed by atoms with Crippen LogP contribution in [0.15, 0.2) is 24.3 Å². The smallest absolute Gasteiger partial charge is 0.228 e. The van der Waals surface area contributed by atoms with Crippen molar-refractivity contribution in [2.75, 3.05) is 36.4 Å². The Kier molecular flexibility index (Phi) is 6.35. The Hall–Kier alpha value is -2.85. The zero-order valence-electron chi connectivity index (χ0n) is 19.2. The number of thiazole rings is 2. The van der Waals surface area contributed by atoms with Crippen molar-refractivity contribution in [2.24, 2.45) is 11.8 Å². The molecule has 178 valence electrons. The van der Waals surface area contributed by atoms with E-state index in [0.717, 1.165) is 34.9 Å². The lowest BCUT2D eigenvalue weighted by Crippen LogP contribution is -2.51. The first-order chi connectivity index (χ1) is 16.4. The summed E-state index contributed by atoms with van der Waals surface area (Å²) in [5, 5.41) is 4.25. The number of ketones is 1. The molecule has 8 nitrogen and oxygen atoms in total. The molecule has 2 amide bonds. The van der Waals surface area contributed by atoms with E-state index in [0.29, 0.717) is 35.2 Å². The molecule has 2 aliphatic rings. The second-order valence-electron chi connectivity index (χ2n) is 8.90. The van der Waals surface area contributed by atoms with E-state index >= 15 is 0 Å². The summed E-state index contributed by atoms with van der Waals surface area (Å²) in [6.45, 7) is 6.48. The van der Waals surface area contributed by atoms with Gasteiger partial charge in [0.1, 0.15) is 0 Å². The van der Waals surface area contributed by atoms with Crippen LogP contribution in [0.3, 0.4) is 0 Å². The van der Waals surface area contributed by atoms with Crippen molar-refractivity contribution in [1.29, 1.82) is 0 Å². The largest absolute Gasteiger partial charge is 0.345 e. The lowest BCUT2D eigenvalue weighted by molar-refractivity contribution is -0.136. The van der Waals surface area contributed by atoms with Gasteiger partial charge in [0.05, 0.1) is 26.7 Å². The van der Waals surface area contributed by atoms with E-state index in [4.69, 9.17) is 4.98 Å². The first kappa shape index (κ1) is 22.9. The molecular weight excluding hydrogens is 470 g/mol. The number of piperazine rings is 1. The van der Waals surface area contributed by atoms with Gasteiger partial charge in [-0.15, -0.1) is 0 Å². The molecule has 0 spiro atoms. The van der Waals surface area contributed by atoms with Crippen LogP contribution in [-0.4, -0.2) is 58.6 Å². The maximum Gasteiger partial charge on any atom is 0.228 e. The molecule has 1 N–H and O–H groups in total. The summed E-state index contributed by atoms with van der Waals surface area (Å²) in [6, 6.07) is 8.10. The fourth-order valence-electron chi connectivity index (χ4n) is 4.34. The lowest BCUT2D eigenvalue weighted by Gasteiger charge is -2.36. The van der Waals surface area contributed by atoms with Crippen molar-refractivity contribution in [2.45, 2.75) is 33.1 Å². The van der Waals surface area contributed by atoms with E-state index in [1.807, 2.05) is 36.9 Å².